The summed E-state index contributed by atoms with van der Waals surface area (Å²) in [5.41, 5.74) is 4.40. The number of aliphatic imine (C=N–C) groups is 1. The minimum absolute atomic E-state index is 0.999. The second-order valence-electron chi connectivity index (χ2n) is 2.97. The maximum atomic E-state index is 4.05. The summed E-state index contributed by atoms with van der Waals surface area (Å²) in [4.78, 5) is 7.15. The number of allylic oxidation sites excluding steroid dienone is 1. The van der Waals surface area contributed by atoms with Gasteiger partial charge in [-0.25, -0.2) is 0 Å². The molecular formula is C11H14N2. The largest absolute Gasteiger partial charge is 0.359 e. The third kappa shape index (κ3) is 2.77. The molecule has 0 bridgehead atoms. The molecule has 0 fully saturated rings. The van der Waals surface area contributed by atoms with Crippen LogP contribution >= 0.6 is 0 Å². The van der Waals surface area contributed by atoms with Crippen LogP contribution in [0.2, 0.25) is 0 Å². The Morgan fingerprint density at radius 3 is 2.92 bits per heavy atom. The fourth-order valence-electron chi connectivity index (χ4n) is 1.02. The first-order valence-corrected chi connectivity index (χ1v) is 4.29. The molecule has 0 spiro atoms. The molecule has 2 nitrogen and oxygen atoms in total. The molecule has 0 saturated carbocycles. The molecule has 0 amide bonds. The second-order valence-corrected chi connectivity index (χ2v) is 2.97. The molecule has 0 aliphatic heterocycles. The first kappa shape index (κ1) is 9.56. The zero-order valence-corrected chi connectivity index (χ0v) is 8.26. The lowest BCUT2D eigenvalue weighted by Gasteiger charge is -1.77. The smallest absolute Gasteiger partial charge is 0.0718 e. The maximum Gasteiger partial charge on any atom is 0.0718 e. The van der Waals surface area contributed by atoms with Gasteiger partial charge in [-0.1, -0.05) is 0 Å². The van der Waals surface area contributed by atoms with Gasteiger partial charge in [-0.3, -0.25) is 4.99 Å². The lowest BCUT2D eigenvalue weighted by Crippen LogP contribution is -2.20. The molecular weight excluding hydrogens is 160 g/mol. The average molecular weight is 174 g/mol. The number of hydrogen-bond acceptors (Lipinski definition) is 1. The minimum atomic E-state index is 0.999. The first-order chi connectivity index (χ1) is 6.24. The third-order valence-electron chi connectivity index (χ3n) is 1.52. The van der Waals surface area contributed by atoms with Crippen LogP contribution in [0.3, 0.4) is 0 Å². The molecule has 1 N–H and O–H groups in total. The number of nitrogens with zero attached hydrogens (tertiary/aromatic N) is 1. The summed E-state index contributed by atoms with van der Waals surface area (Å²) in [6.07, 6.45) is 5.45. The van der Waals surface area contributed by atoms with Crippen molar-refractivity contribution < 1.29 is 0 Å². The van der Waals surface area contributed by atoms with Crippen molar-refractivity contribution in [1.29, 1.82) is 0 Å². The fourth-order valence-corrected chi connectivity index (χ4v) is 1.02. The van der Waals surface area contributed by atoms with Gasteiger partial charge in [0.05, 0.1) is 11.5 Å². The number of H-pyrrole nitrogens is 1. The zero-order chi connectivity index (χ0) is 9.68. The standard InChI is InChI=1S/C11H14N2/c1-4-12-8-11-10(5-6-13-11)7-9(2)3/h4-6,8,13H,1-3H3/b11-8+,12-4?. The van der Waals surface area contributed by atoms with Gasteiger partial charge in [0, 0.05) is 17.6 Å². The molecule has 1 heterocycles. The van der Waals surface area contributed by atoms with Crippen LogP contribution in [0.15, 0.2) is 22.8 Å². The number of aromatic amines is 1. The van der Waals surface area contributed by atoms with Crippen molar-refractivity contribution in [2.75, 3.05) is 0 Å². The van der Waals surface area contributed by atoms with Crippen LogP contribution in [0.4, 0.5) is 0 Å². The van der Waals surface area contributed by atoms with Crippen molar-refractivity contribution in [3.63, 3.8) is 0 Å². The Balaban J connectivity index is 3.43. The van der Waals surface area contributed by atoms with Crippen LogP contribution in [0, 0.1) is 0 Å². The number of nitrogens with one attached hydrogen (secondary N) is 1. The fraction of sp³-hybridized carbons (Fsp3) is 0.273. The normalized spacial score (nSPS) is 12.1. The summed E-state index contributed by atoms with van der Waals surface area (Å²) < 4.78 is 0. The number of hydrogen-bond donors (Lipinski definition) is 1. The van der Waals surface area contributed by atoms with Gasteiger partial charge in [0.1, 0.15) is 0 Å². The molecule has 0 aliphatic carbocycles. The predicted molar refractivity (Wildman–Crippen MR) is 56.9 cm³/mol. The Morgan fingerprint density at radius 1 is 1.54 bits per heavy atom. The van der Waals surface area contributed by atoms with E-state index < -0.39 is 0 Å². The molecule has 1 aromatic rings. The first-order valence-electron chi connectivity index (χ1n) is 4.29. The van der Waals surface area contributed by atoms with E-state index in [4.69, 9.17) is 0 Å². The van der Waals surface area contributed by atoms with Crippen molar-refractivity contribution in [3.05, 3.63) is 28.4 Å². The Morgan fingerprint density at radius 2 is 2.31 bits per heavy atom. The number of aromatic nitrogens is 1. The average Bonchev–Trinajstić information content (AvgIpc) is 2.48. The van der Waals surface area contributed by atoms with Gasteiger partial charge in [0.25, 0.3) is 0 Å². The SMILES string of the molecule is CC=N/C=c1/[nH]ccc1=C=C(C)C. The van der Waals surface area contributed by atoms with E-state index in [2.05, 4.69) is 15.7 Å². The molecule has 2 heteroatoms. The van der Waals surface area contributed by atoms with Gasteiger partial charge in [0.15, 0.2) is 0 Å². The molecule has 68 valence electrons. The lowest BCUT2D eigenvalue weighted by atomic mass is 10.3. The van der Waals surface area contributed by atoms with Crippen LogP contribution < -0.4 is 10.6 Å². The Hall–Kier alpha value is -1.53. The Bertz CT molecular complexity index is 439. The molecule has 0 aliphatic rings. The molecule has 13 heavy (non-hydrogen) atoms. The minimum Gasteiger partial charge on any atom is -0.359 e. The summed E-state index contributed by atoms with van der Waals surface area (Å²) in [5, 5.41) is 2.06. The van der Waals surface area contributed by atoms with Gasteiger partial charge < -0.3 is 4.98 Å². The van der Waals surface area contributed by atoms with E-state index in [1.165, 1.54) is 0 Å². The highest BCUT2D eigenvalue weighted by molar-refractivity contribution is 5.57. The van der Waals surface area contributed by atoms with E-state index in [0.717, 1.165) is 16.1 Å². The summed E-state index contributed by atoms with van der Waals surface area (Å²) in [5.74, 6) is 0. The Labute approximate surface area is 78.0 Å². The molecule has 0 unspecified atom stereocenters. The van der Waals surface area contributed by atoms with Gasteiger partial charge in [-0.15, -0.1) is 5.73 Å². The topological polar surface area (TPSA) is 28.1 Å². The summed E-state index contributed by atoms with van der Waals surface area (Å²) in [6.45, 7) is 5.95. The van der Waals surface area contributed by atoms with E-state index in [1.807, 2.05) is 33.0 Å². The van der Waals surface area contributed by atoms with Crippen molar-refractivity contribution in [3.8, 4) is 0 Å². The van der Waals surface area contributed by atoms with Gasteiger partial charge in [-0.2, -0.15) is 0 Å². The monoisotopic (exact) mass is 174 g/mol. The summed E-state index contributed by atoms with van der Waals surface area (Å²) in [7, 11) is 0. The highest BCUT2D eigenvalue weighted by atomic mass is 14.7. The summed E-state index contributed by atoms with van der Waals surface area (Å²) in [6, 6.07) is 1.99. The maximum absolute atomic E-state index is 4.05. The van der Waals surface area contributed by atoms with Crippen LogP contribution in [-0.2, 0) is 0 Å². The van der Waals surface area contributed by atoms with E-state index in [0.29, 0.717) is 0 Å². The molecule has 1 rings (SSSR count). The van der Waals surface area contributed by atoms with Crippen molar-refractivity contribution in [2.24, 2.45) is 4.99 Å². The molecule has 0 aromatic carbocycles. The lowest BCUT2D eigenvalue weighted by molar-refractivity contribution is 1.30. The van der Waals surface area contributed by atoms with Crippen molar-refractivity contribution in [1.82, 2.24) is 4.98 Å². The highest BCUT2D eigenvalue weighted by Crippen LogP contribution is 1.80. The van der Waals surface area contributed by atoms with E-state index >= 15 is 0 Å². The zero-order valence-electron chi connectivity index (χ0n) is 8.26. The molecule has 1 aromatic heterocycles. The molecule has 0 saturated heterocycles. The quantitative estimate of drug-likeness (QED) is 0.619. The third-order valence-corrected chi connectivity index (χ3v) is 1.52. The van der Waals surface area contributed by atoms with Crippen LogP contribution in [-0.4, -0.2) is 11.2 Å². The van der Waals surface area contributed by atoms with E-state index in [9.17, 15) is 0 Å². The van der Waals surface area contributed by atoms with Gasteiger partial charge in [0.2, 0.25) is 0 Å². The van der Waals surface area contributed by atoms with Crippen LogP contribution in [0.5, 0.6) is 0 Å². The van der Waals surface area contributed by atoms with Crippen LogP contribution in [0.25, 0.3) is 11.9 Å². The van der Waals surface area contributed by atoms with Gasteiger partial charge >= 0.3 is 0 Å². The number of rotatable bonds is 1. The highest BCUT2D eigenvalue weighted by Gasteiger charge is 1.82. The summed E-state index contributed by atoms with van der Waals surface area (Å²) >= 11 is 0. The second kappa shape index (κ2) is 4.48. The predicted octanol–water partition coefficient (Wildman–Crippen LogP) is 1.19. The van der Waals surface area contributed by atoms with E-state index in [-0.39, 0.29) is 0 Å². The molecule has 0 radical (unpaired) electrons. The van der Waals surface area contributed by atoms with Gasteiger partial charge in [-0.05, 0) is 32.4 Å². The van der Waals surface area contributed by atoms with Crippen molar-refractivity contribution in [2.45, 2.75) is 20.8 Å². The van der Waals surface area contributed by atoms with Crippen molar-refractivity contribution >= 4 is 18.1 Å². The Kier molecular flexibility index (Phi) is 3.30. The molecule has 0 atom stereocenters. The van der Waals surface area contributed by atoms with Crippen LogP contribution in [0.1, 0.15) is 20.8 Å². The van der Waals surface area contributed by atoms with E-state index in [1.54, 1.807) is 12.4 Å².